The lowest BCUT2D eigenvalue weighted by molar-refractivity contribution is 0.185. The summed E-state index contributed by atoms with van der Waals surface area (Å²) in [7, 11) is 4.66. The van der Waals surface area contributed by atoms with Crippen molar-refractivity contribution in [3.63, 3.8) is 0 Å². The van der Waals surface area contributed by atoms with Crippen molar-refractivity contribution in [2.24, 2.45) is 0 Å². The molecular formula is C16H18BO4. The fraction of sp³-hybridized carbons (Fsp3) is 0.250. The lowest BCUT2D eigenvalue weighted by Crippen LogP contribution is -2.10. The van der Waals surface area contributed by atoms with E-state index >= 15 is 0 Å². The summed E-state index contributed by atoms with van der Waals surface area (Å²) in [5, 5.41) is 0. The molecule has 2 rings (SSSR count). The molecule has 0 aromatic heterocycles. The molecule has 0 saturated carbocycles. The Morgan fingerprint density at radius 3 is 1.38 bits per heavy atom. The van der Waals surface area contributed by atoms with Crippen molar-refractivity contribution in [1.29, 1.82) is 0 Å². The van der Waals surface area contributed by atoms with Crippen LogP contribution in [0.4, 0.5) is 0 Å². The Hall–Kier alpha value is -1.98. The van der Waals surface area contributed by atoms with Crippen molar-refractivity contribution in [2.45, 2.75) is 13.2 Å². The molecule has 0 heterocycles. The second kappa shape index (κ2) is 8.34. The van der Waals surface area contributed by atoms with Crippen molar-refractivity contribution in [2.75, 3.05) is 14.2 Å². The molecule has 0 spiro atoms. The highest BCUT2D eigenvalue weighted by molar-refractivity contribution is 6.20. The number of rotatable bonds is 8. The Kier molecular flexibility index (Phi) is 6.12. The summed E-state index contributed by atoms with van der Waals surface area (Å²) in [5.41, 5.74) is 2.19. The van der Waals surface area contributed by atoms with Gasteiger partial charge in [0.2, 0.25) is 0 Å². The standard InChI is InChI=1S/C16H18BO4/c1-18-11-13-3-7-15(8-4-13)20-17-21-16-9-5-14(6-10-16)12-19-2/h3-10H,11-12H2,1-2H3. The molecular weight excluding hydrogens is 267 g/mol. The molecule has 0 bridgehead atoms. The molecule has 0 unspecified atom stereocenters. The summed E-state index contributed by atoms with van der Waals surface area (Å²) in [4.78, 5) is 0. The Morgan fingerprint density at radius 2 is 1.05 bits per heavy atom. The molecule has 0 aliphatic carbocycles. The molecule has 0 aliphatic rings. The molecule has 2 aromatic rings. The normalized spacial score (nSPS) is 10.2. The van der Waals surface area contributed by atoms with Crippen molar-refractivity contribution >= 4 is 7.69 Å². The first kappa shape index (κ1) is 15.4. The second-order valence-corrected chi connectivity index (χ2v) is 4.49. The molecule has 4 nitrogen and oxygen atoms in total. The van der Waals surface area contributed by atoms with Crippen LogP contribution in [0.5, 0.6) is 11.5 Å². The predicted octanol–water partition coefficient (Wildman–Crippen LogP) is 2.97. The van der Waals surface area contributed by atoms with Crippen LogP contribution < -0.4 is 9.31 Å². The van der Waals surface area contributed by atoms with Gasteiger partial charge in [0.05, 0.1) is 13.2 Å². The van der Waals surface area contributed by atoms with Gasteiger partial charge < -0.3 is 18.8 Å². The van der Waals surface area contributed by atoms with Crippen LogP contribution in [0.25, 0.3) is 0 Å². The van der Waals surface area contributed by atoms with E-state index in [-0.39, 0.29) is 0 Å². The highest BCUT2D eigenvalue weighted by Gasteiger charge is 2.02. The van der Waals surface area contributed by atoms with Gasteiger partial charge in [0.15, 0.2) is 0 Å². The van der Waals surface area contributed by atoms with Gasteiger partial charge in [0, 0.05) is 14.2 Å². The van der Waals surface area contributed by atoms with Crippen LogP contribution in [0, 0.1) is 0 Å². The van der Waals surface area contributed by atoms with Crippen LogP contribution in [0.1, 0.15) is 11.1 Å². The summed E-state index contributed by atoms with van der Waals surface area (Å²) >= 11 is 0. The van der Waals surface area contributed by atoms with E-state index < -0.39 is 0 Å². The number of hydrogen-bond donors (Lipinski definition) is 0. The van der Waals surface area contributed by atoms with E-state index in [1.165, 1.54) is 7.69 Å². The Labute approximate surface area is 125 Å². The van der Waals surface area contributed by atoms with Crippen molar-refractivity contribution < 1.29 is 18.8 Å². The third kappa shape index (κ3) is 5.13. The summed E-state index contributed by atoms with van der Waals surface area (Å²) in [6, 6.07) is 15.3. The van der Waals surface area contributed by atoms with Gasteiger partial charge in [0.25, 0.3) is 0 Å². The highest BCUT2D eigenvalue weighted by atomic mass is 16.6. The van der Waals surface area contributed by atoms with Gasteiger partial charge in [-0.15, -0.1) is 0 Å². The quantitative estimate of drug-likeness (QED) is 0.699. The molecule has 5 heteroatoms. The van der Waals surface area contributed by atoms with Crippen LogP contribution in [-0.4, -0.2) is 21.9 Å². The number of hydrogen-bond acceptors (Lipinski definition) is 4. The molecule has 21 heavy (non-hydrogen) atoms. The van der Waals surface area contributed by atoms with Crippen LogP contribution in [-0.2, 0) is 22.7 Å². The van der Waals surface area contributed by atoms with E-state index in [1.54, 1.807) is 14.2 Å². The van der Waals surface area contributed by atoms with Gasteiger partial charge in [-0.1, -0.05) is 24.3 Å². The summed E-state index contributed by atoms with van der Waals surface area (Å²) in [6.07, 6.45) is 0. The summed E-state index contributed by atoms with van der Waals surface area (Å²) < 4.78 is 20.9. The predicted molar refractivity (Wildman–Crippen MR) is 81.3 cm³/mol. The zero-order valence-corrected chi connectivity index (χ0v) is 12.2. The summed E-state index contributed by atoms with van der Waals surface area (Å²) in [5.74, 6) is 1.43. The summed E-state index contributed by atoms with van der Waals surface area (Å²) in [6.45, 7) is 1.18. The Bertz CT molecular complexity index is 475. The third-order valence-corrected chi connectivity index (χ3v) is 2.84. The van der Waals surface area contributed by atoms with Gasteiger partial charge in [-0.2, -0.15) is 0 Å². The van der Waals surface area contributed by atoms with Gasteiger partial charge in [-0.3, -0.25) is 0 Å². The van der Waals surface area contributed by atoms with E-state index in [9.17, 15) is 0 Å². The van der Waals surface area contributed by atoms with Crippen LogP contribution in [0.2, 0.25) is 0 Å². The topological polar surface area (TPSA) is 36.9 Å². The molecule has 0 atom stereocenters. The Morgan fingerprint density at radius 1 is 0.667 bits per heavy atom. The largest absolute Gasteiger partial charge is 0.658 e. The highest BCUT2D eigenvalue weighted by Crippen LogP contribution is 2.15. The minimum absolute atomic E-state index is 0.592. The fourth-order valence-electron chi connectivity index (χ4n) is 1.80. The average Bonchev–Trinajstić information content (AvgIpc) is 2.51. The van der Waals surface area contributed by atoms with Gasteiger partial charge >= 0.3 is 7.69 Å². The third-order valence-electron chi connectivity index (χ3n) is 2.84. The van der Waals surface area contributed by atoms with E-state index in [4.69, 9.17) is 18.8 Å². The van der Waals surface area contributed by atoms with Crippen LogP contribution in [0.15, 0.2) is 48.5 Å². The maximum atomic E-state index is 5.41. The molecule has 0 aliphatic heterocycles. The first-order valence-corrected chi connectivity index (χ1v) is 6.62. The van der Waals surface area contributed by atoms with Gasteiger partial charge in [0.1, 0.15) is 11.5 Å². The molecule has 0 saturated heterocycles. The van der Waals surface area contributed by atoms with Gasteiger partial charge in [-0.25, -0.2) is 0 Å². The number of methoxy groups -OCH3 is 2. The average molecular weight is 285 g/mol. The van der Waals surface area contributed by atoms with E-state index in [1.807, 2.05) is 48.5 Å². The fourth-order valence-corrected chi connectivity index (χ4v) is 1.80. The zero-order valence-electron chi connectivity index (χ0n) is 12.2. The van der Waals surface area contributed by atoms with Crippen molar-refractivity contribution in [3.05, 3.63) is 59.7 Å². The first-order valence-electron chi connectivity index (χ1n) is 6.62. The number of ether oxygens (including phenoxy) is 2. The second-order valence-electron chi connectivity index (χ2n) is 4.49. The maximum Gasteiger partial charge on any atom is 0.658 e. The SMILES string of the molecule is COCc1ccc(O[B]Oc2ccc(COC)cc2)cc1. The molecule has 1 radical (unpaired) electrons. The van der Waals surface area contributed by atoms with Crippen molar-refractivity contribution in [3.8, 4) is 11.5 Å². The molecule has 109 valence electrons. The minimum Gasteiger partial charge on any atom is -0.526 e. The molecule has 0 fully saturated rings. The zero-order chi connectivity index (χ0) is 14.9. The lowest BCUT2D eigenvalue weighted by Gasteiger charge is -2.08. The van der Waals surface area contributed by atoms with Crippen LogP contribution in [0.3, 0.4) is 0 Å². The Balaban J connectivity index is 1.78. The monoisotopic (exact) mass is 285 g/mol. The van der Waals surface area contributed by atoms with E-state index in [2.05, 4.69) is 0 Å². The molecule has 2 aromatic carbocycles. The molecule has 0 amide bonds. The first-order chi connectivity index (χ1) is 10.3. The number of benzene rings is 2. The van der Waals surface area contributed by atoms with Gasteiger partial charge in [-0.05, 0) is 35.4 Å². The smallest absolute Gasteiger partial charge is 0.526 e. The lowest BCUT2D eigenvalue weighted by atomic mass is 10.2. The van der Waals surface area contributed by atoms with E-state index in [0.29, 0.717) is 24.7 Å². The van der Waals surface area contributed by atoms with Crippen LogP contribution >= 0.6 is 0 Å². The maximum absolute atomic E-state index is 5.41. The van der Waals surface area contributed by atoms with E-state index in [0.717, 1.165) is 11.1 Å². The molecule has 0 N–H and O–H groups in total. The van der Waals surface area contributed by atoms with Crippen molar-refractivity contribution in [1.82, 2.24) is 0 Å². The minimum atomic E-state index is 0.592.